The van der Waals surface area contributed by atoms with Crippen molar-refractivity contribution < 1.29 is 9.59 Å². The Morgan fingerprint density at radius 1 is 1.44 bits per heavy atom. The van der Waals surface area contributed by atoms with E-state index in [1.165, 1.54) is 0 Å². The monoisotopic (exact) mass is 218 g/mol. The molecule has 4 heteroatoms. The molecule has 84 valence electrons. The van der Waals surface area contributed by atoms with Crippen LogP contribution in [0.5, 0.6) is 0 Å². The Bertz CT molecular complexity index is 454. The molecule has 1 aromatic carbocycles. The van der Waals surface area contributed by atoms with Gasteiger partial charge in [0.15, 0.2) is 5.78 Å². The van der Waals surface area contributed by atoms with Crippen LogP contribution < -0.4 is 10.6 Å². The van der Waals surface area contributed by atoms with Gasteiger partial charge in [0.1, 0.15) is 0 Å². The van der Waals surface area contributed by atoms with Crippen molar-refractivity contribution in [3.63, 3.8) is 0 Å². The minimum atomic E-state index is -0.0673. The van der Waals surface area contributed by atoms with Gasteiger partial charge in [-0.1, -0.05) is 0 Å². The van der Waals surface area contributed by atoms with Gasteiger partial charge in [0.25, 0.3) is 0 Å². The topological polar surface area (TPSA) is 63.4 Å². The fourth-order valence-corrected chi connectivity index (χ4v) is 1.95. The summed E-state index contributed by atoms with van der Waals surface area (Å²) in [6.45, 7) is 0.0214. The van der Waals surface area contributed by atoms with E-state index in [2.05, 4.69) is 0 Å². The lowest BCUT2D eigenvalue weighted by Gasteiger charge is -2.25. The van der Waals surface area contributed by atoms with E-state index in [0.29, 0.717) is 18.4 Å². The SMILES string of the molecule is CN1C(=O)CCc2cc(C(=O)CN)ccc21. The third kappa shape index (κ3) is 1.72. The molecule has 0 aliphatic carbocycles. The lowest BCUT2D eigenvalue weighted by Crippen LogP contribution is -2.31. The molecule has 1 aliphatic heterocycles. The summed E-state index contributed by atoms with van der Waals surface area (Å²) in [5.41, 5.74) is 7.88. The van der Waals surface area contributed by atoms with Gasteiger partial charge in [-0.25, -0.2) is 0 Å². The molecule has 1 heterocycles. The number of anilines is 1. The molecule has 2 N–H and O–H groups in total. The summed E-state index contributed by atoms with van der Waals surface area (Å²) >= 11 is 0. The quantitative estimate of drug-likeness (QED) is 0.744. The van der Waals surface area contributed by atoms with E-state index < -0.39 is 0 Å². The van der Waals surface area contributed by atoms with E-state index in [9.17, 15) is 9.59 Å². The molecule has 1 aromatic rings. The second-order valence-electron chi connectivity index (χ2n) is 3.92. The highest BCUT2D eigenvalue weighted by molar-refractivity contribution is 6.00. The molecular formula is C12H14N2O2. The number of aryl methyl sites for hydroxylation is 1. The van der Waals surface area contributed by atoms with E-state index in [1.54, 1.807) is 18.0 Å². The Kier molecular flexibility index (Phi) is 2.75. The van der Waals surface area contributed by atoms with Gasteiger partial charge in [-0.05, 0) is 30.2 Å². The summed E-state index contributed by atoms with van der Waals surface area (Å²) in [4.78, 5) is 24.5. The van der Waals surface area contributed by atoms with Crippen molar-refractivity contribution in [2.75, 3.05) is 18.5 Å². The normalized spacial score (nSPS) is 14.9. The number of hydrogen-bond donors (Lipinski definition) is 1. The first-order valence-electron chi connectivity index (χ1n) is 5.26. The molecule has 0 fully saturated rings. The fraction of sp³-hybridized carbons (Fsp3) is 0.333. The van der Waals surface area contributed by atoms with Gasteiger partial charge >= 0.3 is 0 Å². The predicted molar refractivity (Wildman–Crippen MR) is 61.6 cm³/mol. The molecule has 16 heavy (non-hydrogen) atoms. The molecule has 4 nitrogen and oxygen atoms in total. The van der Waals surface area contributed by atoms with Crippen LogP contribution in [0, 0.1) is 0 Å². The molecule has 0 bridgehead atoms. The number of nitrogens with two attached hydrogens (primary N) is 1. The van der Waals surface area contributed by atoms with Crippen LogP contribution in [0.2, 0.25) is 0 Å². The number of carbonyl (C=O) groups is 2. The molecule has 0 saturated heterocycles. The first-order valence-corrected chi connectivity index (χ1v) is 5.26. The van der Waals surface area contributed by atoms with Crippen LogP contribution in [-0.2, 0) is 11.2 Å². The molecule has 0 unspecified atom stereocenters. The van der Waals surface area contributed by atoms with Gasteiger partial charge < -0.3 is 10.6 Å². The first-order chi connectivity index (χ1) is 7.63. The van der Waals surface area contributed by atoms with Crippen LogP contribution >= 0.6 is 0 Å². The smallest absolute Gasteiger partial charge is 0.227 e. The van der Waals surface area contributed by atoms with Crippen LogP contribution in [0.3, 0.4) is 0 Å². The molecule has 1 amide bonds. The van der Waals surface area contributed by atoms with Crippen molar-refractivity contribution >= 4 is 17.4 Å². The number of Topliss-reactive ketones (excluding diaryl/α,β-unsaturated/α-hetero) is 1. The highest BCUT2D eigenvalue weighted by Gasteiger charge is 2.21. The van der Waals surface area contributed by atoms with Gasteiger partial charge in [-0.3, -0.25) is 9.59 Å². The average molecular weight is 218 g/mol. The number of fused-ring (bicyclic) bond motifs is 1. The number of carbonyl (C=O) groups excluding carboxylic acids is 2. The highest BCUT2D eigenvalue weighted by atomic mass is 16.2. The molecule has 0 radical (unpaired) electrons. The largest absolute Gasteiger partial charge is 0.324 e. The van der Waals surface area contributed by atoms with Crippen molar-refractivity contribution in [3.05, 3.63) is 29.3 Å². The number of hydrogen-bond acceptors (Lipinski definition) is 3. The second kappa shape index (κ2) is 4.06. The number of ketones is 1. The van der Waals surface area contributed by atoms with E-state index >= 15 is 0 Å². The zero-order chi connectivity index (χ0) is 11.7. The molecular weight excluding hydrogens is 204 g/mol. The number of benzene rings is 1. The average Bonchev–Trinajstić information content (AvgIpc) is 2.32. The van der Waals surface area contributed by atoms with E-state index in [4.69, 9.17) is 5.73 Å². The zero-order valence-electron chi connectivity index (χ0n) is 9.19. The van der Waals surface area contributed by atoms with Crippen LogP contribution in [0.15, 0.2) is 18.2 Å². The summed E-state index contributed by atoms with van der Waals surface area (Å²) in [5, 5.41) is 0. The Morgan fingerprint density at radius 2 is 2.19 bits per heavy atom. The minimum Gasteiger partial charge on any atom is -0.324 e. The summed E-state index contributed by atoms with van der Waals surface area (Å²) in [7, 11) is 1.75. The van der Waals surface area contributed by atoms with Crippen LogP contribution in [0.4, 0.5) is 5.69 Å². The van der Waals surface area contributed by atoms with E-state index in [0.717, 1.165) is 11.3 Å². The van der Waals surface area contributed by atoms with E-state index in [1.807, 2.05) is 12.1 Å². The van der Waals surface area contributed by atoms with Crippen molar-refractivity contribution in [2.24, 2.45) is 5.73 Å². The molecule has 1 aliphatic rings. The third-order valence-electron chi connectivity index (χ3n) is 2.93. The van der Waals surface area contributed by atoms with E-state index in [-0.39, 0.29) is 18.2 Å². The highest BCUT2D eigenvalue weighted by Crippen LogP contribution is 2.27. The zero-order valence-corrected chi connectivity index (χ0v) is 9.19. The van der Waals surface area contributed by atoms with Crippen molar-refractivity contribution in [1.82, 2.24) is 0 Å². The van der Waals surface area contributed by atoms with Gasteiger partial charge in [0, 0.05) is 24.7 Å². The Labute approximate surface area is 94.0 Å². The standard InChI is InChI=1S/C12H14N2O2/c1-14-10-4-2-9(11(15)7-13)6-8(10)3-5-12(14)16/h2,4,6H,3,5,7,13H2,1H3. The summed E-state index contributed by atoms with van der Waals surface area (Å²) in [6.07, 6.45) is 1.20. The minimum absolute atomic E-state index is 0.0214. The van der Waals surface area contributed by atoms with Gasteiger partial charge in [0.2, 0.25) is 5.91 Å². The number of amides is 1. The molecule has 0 spiro atoms. The third-order valence-corrected chi connectivity index (χ3v) is 2.93. The maximum absolute atomic E-state index is 11.5. The summed E-state index contributed by atoms with van der Waals surface area (Å²) in [5.74, 6) is 0.0488. The lowest BCUT2D eigenvalue weighted by molar-refractivity contribution is -0.118. The molecule has 2 rings (SSSR count). The summed E-state index contributed by atoms with van der Waals surface area (Å²) in [6, 6.07) is 5.38. The molecule has 0 atom stereocenters. The van der Waals surface area contributed by atoms with Crippen molar-refractivity contribution in [3.8, 4) is 0 Å². The number of nitrogens with zero attached hydrogens (tertiary/aromatic N) is 1. The summed E-state index contributed by atoms with van der Waals surface area (Å²) < 4.78 is 0. The maximum atomic E-state index is 11.5. The van der Waals surface area contributed by atoms with Crippen LogP contribution in [0.1, 0.15) is 22.3 Å². The van der Waals surface area contributed by atoms with Crippen LogP contribution in [0.25, 0.3) is 0 Å². The Balaban J connectivity index is 2.41. The Morgan fingerprint density at radius 3 is 2.88 bits per heavy atom. The van der Waals surface area contributed by atoms with Crippen molar-refractivity contribution in [2.45, 2.75) is 12.8 Å². The Hall–Kier alpha value is -1.68. The second-order valence-corrected chi connectivity index (χ2v) is 3.92. The van der Waals surface area contributed by atoms with Gasteiger partial charge in [-0.2, -0.15) is 0 Å². The van der Waals surface area contributed by atoms with Gasteiger partial charge in [0.05, 0.1) is 6.54 Å². The number of rotatable bonds is 2. The molecule has 0 aromatic heterocycles. The van der Waals surface area contributed by atoms with Gasteiger partial charge in [-0.15, -0.1) is 0 Å². The predicted octanol–water partition coefficient (Wildman–Crippen LogP) is 0.737. The van der Waals surface area contributed by atoms with Crippen molar-refractivity contribution in [1.29, 1.82) is 0 Å². The fourth-order valence-electron chi connectivity index (χ4n) is 1.95. The first kappa shape index (κ1) is 10.8. The lowest BCUT2D eigenvalue weighted by atomic mass is 9.98. The molecule has 0 saturated carbocycles. The maximum Gasteiger partial charge on any atom is 0.227 e. The van der Waals surface area contributed by atoms with Crippen LogP contribution in [-0.4, -0.2) is 25.3 Å².